The zero-order valence-corrected chi connectivity index (χ0v) is 22.1. The second-order valence-corrected chi connectivity index (χ2v) is 9.73. The lowest BCUT2D eigenvalue weighted by molar-refractivity contribution is 0.0687. The molecule has 0 spiro atoms. The number of imidazole rings is 1. The van der Waals surface area contributed by atoms with Crippen LogP contribution in [0.5, 0.6) is 11.5 Å². The first-order valence-electron chi connectivity index (χ1n) is 13.2. The number of anilines is 1. The quantitative estimate of drug-likeness (QED) is 0.413. The molecule has 3 heterocycles. The fraction of sp³-hybridized carbons (Fsp3) is 0.448. The number of amides is 1. The standard InChI is InChI=1S/C29H37N5O3/c1-4-31-15-17-33(18-16-31)26-8-5-7-23-24(26)20-34(29(23)35)25(9-6-13-32-14-12-30-21-32)22-10-11-27(36-2)28(19-22)37-3/h5,7-8,10-12,14,19,21,25H,4,6,9,13,15-18,20H2,1-3H3. The molecule has 3 aromatic rings. The first kappa shape index (κ1) is 25.1. The zero-order valence-electron chi connectivity index (χ0n) is 22.1. The minimum Gasteiger partial charge on any atom is -0.493 e. The van der Waals surface area contributed by atoms with Crippen molar-refractivity contribution in [1.29, 1.82) is 0 Å². The Hall–Kier alpha value is -3.52. The van der Waals surface area contributed by atoms with E-state index in [1.165, 1.54) is 5.69 Å². The van der Waals surface area contributed by atoms with Crippen LogP contribution < -0.4 is 14.4 Å². The third-order valence-electron chi connectivity index (χ3n) is 7.75. The molecule has 0 N–H and O–H groups in total. The number of rotatable bonds is 10. The van der Waals surface area contributed by atoms with Gasteiger partial charge in [0.2, 0.25) is 0 Å². The van der Waals surface area contributed by atoms with Gasteiger partial charge in [-0.2, -0.15) is 0 Å². The number of aromatic nitrogens is 2. The van der Waals surface area contributed by atoms with Crippen LogP contribution in [0.2, 0.25) is 0 Å². The van der Waals surface area contributed by atoms with Crippen molar-refractivity contribution in [3.63, 3.8) is 0 Å². The van der Waals surface area contributed by atoms with E-state index in [4.69, 9.17) is 9.47 Å². The number of hydrogen-bond acceptors (Lipinski definition) is 6. The van der Waals surface area contributed by atoms with E-state index in [-0.39, 0.29) is 11.9 Å². The van der Waals surface area contributed by atoms with Crippen molar-refractivity contribution in [3.8, 4) is 11.5 Å². The van der Waals surface area contributed by atoms with Gasteiger partial charge in [0.25, 0.3) is 5.91 Å². The van der Waals surface area contributed by atoms with Crippen molar-refractivity contribution in [2.75, 3.05) is 51.8 Å². The molecule has 2 aliphatic rings. The molecule has 1 fully saturated rings. The summed E-state index contributed by atoms with van der Waals surface area (Å²) in [6.45, 7) is 8.85. The lowest BCUT2D eigenvalue weighted by Gasteiger charge is -2.36. The number of fused-ring (bicyclic) bond motifs is 1. The van der Waals surface area contributed by atoms with E-state index in [9.17, 15) is 4.79 Å². The fourth-order valence-corrected chi connectivity index (χ4v) is 5.64. The van der Waals surface area contributed by atoms with Crippen molar-refractivity contribution in [3.05, 3.63) is 71.8 Å². The van der Waals surface area contributed by atoms with Gasteiger partial charge in [0.05, 0.1) is 26.6 Å². The topological polar surface area (TPSA) is 63.1 Å². The molecule has 5 rings (SSSR count). The summed E-state index contributed by atoms with van der Waals surface area (Å²) in [6.07, 6.45) is 7.37. The van der Waals surface area contributed by atoms with Gasteiger partial charge in [0, 0.05) is 68.5 Å². The molecule has 2 aromatic carbocycles. The molecular weight excluding hydrogens is 466 g/mol. The lowest BCUT2D eigenvalue weighted by Crippen LogP contribution is -2.46. The van der Waals surface area contributed by atoms with E-state index >= 15 is 0 Å². The van der Waals surface area contributed by atoms with Crippen molar-refractivity contribution in [2.24, 2.45) is 0 Å². The molecule has 1 amide bonds. The highest BCUT2D eigenvalue weighted by Gasteiger charge is 2.36. The zero-order chi connectivity index (χ0) is 25.8. The summed E-state index contributed by atoms with van der Waals surface area (Å²) < 4.78 is 13.2. The number of benzene rings is 2. The van der Waals surface area contributed by atoms with E-state index in [1.54, 1.807) is 20.4 Å². The Balaban J connectivity index is 1.42. The van der Waals surface area contributed by atoms with E-state index in [1.807, 2.05) is 41.7 Å². The summed E-state index contributed by atoms with van der Waals surface area (Å²) in [5, 5.41) is 0. The predicted molar refractivity (Wildman–Crippen MR) is 144 cm³/mol. The third kappa shape index (κ3) is 5.16. The maximum Gasteiger partial charge on any atom is 0.255 e. The van der Waals surface area contributed by atoms with Gasteiger partial charge in [0.15, 0.2) is 11.5 Å². The van der Waals surface area contributed by atoms with Gasteiger partial charge in [0.1, 0.15) is 0 Å². The number of piperazine rings is 1. The summed E-state index contributed by atoms with van der Waals surface area (Å²) >= 11 is 0. The first-order chi connectivity index (χ1) is 18.1. The van der Waals surface area contributed by atoms with Crippen molar-refractivity contribution >= 4 is 11.6 Å². The second kappa shape index (κ2) is 11.3. The van der Waals surface area contributed by atoms with Crippen molar-refractivity contribution in [1.82, 2.24) is 19.4 Å². The minimum atomic E-state index is -0.0759. The number of hydrogen-bond donors (Lipinski definition) is 0. The Kier molecular flexibility index (Phi) is 7.65. The van der Waals surface area contributed by atoms with Crippen LogP contribution in [0.4, 0.5) is 5.69 Å². The van der Waals surface area contributed by atoms with Crippen LogP contribution in [0.3, 0.4) is 0 Å². The van der Waals surface area contributed by atoms with Crippen LogP contribution in [-0.4, -0.2) is 72.2 Å². The minimum absolute atomic E-state index is 0.0759. The Labute approximate surface area is 219 Å². The van der Waals surface area contributed by atoms with Gasteiger partial charge in [-0.25, -0.2) is 4.98 Å². The molecule has 8 nitrogen and oxygen atoms in total. The van der Waals surface area contributed by atoms with Crippen LogP contribution in [0.1, 0.15) is 47.3 Å². The second-order valence-electron chi connectivity index (χ2n) is 9.73. The molecule has 196 valence electrons. The van der Waals surface area contributed by atoms with E-state index < -0.39 is 0 Å². The van der Waals surface area contributed by atoms with Crippen LogP contribution >= 0.6 is 0 Å². The highest BCUT2D eigenvalue weighted by atomic mass is 16.5. The molecular formula is C29H37N5O3. The Morgan fingerprint density at radius 3 is 2.54 bits per heavy atom. The van der Waals surface area contributed by atoms with Gasteiger partial charge in [-0.05, 0) is 49.2 Å². The average molecular weight is 504 g/mol. The molecule has 1 aromatic heterocycles. The highest BCUT2D eigenvalue weighted by molar-refractivity contribution is 6.00. The summed E-state index contributed by atoms with van der Waals surface area (Å²) in [6, 6.07) is 12.1. The van der Waals surface area contributed by atoms with Crippen molar-refractivity contribution < 1.29 is 14.3 Å². The molecule has 8 heteroatoms. The number of carbonyl (C=O) groups excluding carboxylic acids is 1. The first-order valence-corrected chi connectivity index (χ1v) is 13.2. The molecule has 0 radical (unpaired) electrons. The summed E-state index contributed by atoms with van der Waals surface area (Å²) in [4.78, 5) is 25.0. The molecule has 1 saturated heterocycles. The van der Waals surface area contributed by atoms with Gasteiger partial charge < -0.3 is 28.7 Å². The fourth-order valence-electron chi connectivity index (χ4n) is 5.64. The number of nitrogens with zero attached hydrogens (tertiary/aromatic N) is 5. The summed E-state index contributed by atoms with van der Waals surface area (Å²) in [7, 11) is 3.29. The van der Waals surface area contributed by atoms with Crippen LogP contribution in [0.15, 0.2) is 55.1 Å². The largest absolute Gasteiger partial charge is 0.493 e. The smallest absolute Gasteiger partial charge is 0.255 e. The average Bonchev–Trinajstić information content (AvgIpc) is 3.58. The van der Waals surface area contributed by atoms with E-state index in [2.05, 4.69) is 38.4 Å². The molecule has 37 heavy (non-hydrogen) atoms. The molecule has 2 aliphatic heterocycles. The SMILES string of the molecule is CCN1CCN(c2cccc3c2CN(C(CCCn2ccnc2)c2ccc(OC)c(OC)c2)C3=O)CC1. The molecule has 1 unspecified atom stereocenters. The number of ether oxygens (including phenoxy) is 2. The molecule has 0 saturated carbocycles. The van der Waals surface area contributed by atoms with Gasteiger partial charge >= 0.3 is 0 Å². The molecule has 0 bridgehead atoms. The number of aryl methyl sites for hydroxylation is 1. The number of methoxy groups -OCH3 is 2. The number of likely N-dealkylation sites (N-methyl/N-ethyl adjacent to an activating group) is 1. The number of carbonyl (C=O) groups is 1. The van der Waals surface area contributed by atoms with Gasteiger partial charge in [-0.3, -0.25) is 4.79 Å². The summed E-state index contributed by atoms with van der Waals surface area (Å²) in [5.41, 5.74) is 4.24. The van der Waals surface area contributed by atoms with E-state index in [0.717, 1.165) is 68.8 Å². The van der Waals surface area contributed by atoms with Gasteiger partial charge in [-0.15, -0.1) is 0 Å². The summed E-state index contributed by atoms with van der Waals surface area (Å²) in [5.74, 6) is 1.47. The van der Waals surface area contributed by atoms with Gasteiger partial charge in [-0.1, -0.05) is 19.1 Å². The maximum absolute atomic E-state index is 13.8. The maximum atomic E-state index is 13.8. The van der Waals surface area contributed by atoms with E-state index in [0.29, 0.717) is 18.0 Å². The van der Waals surface area contributed by atoms with Crippen LogP contribution in [0, 0.1) is 0 Å². The van der Waals surface area contributed by atoms with Crippen LogP contribution in [-0.2, 0) is 13.1 Å². The third-order valence-corrected chi connectivity index (χ3v) is 7.75. The highest BCUT2D eigenvalue weighted by Crippen LogP contribution is 2.40. The van der Waals surface area contributed by atoms with Crippen LogP contribution in [0.25, 0.3) is 0 Å². The predicted octanol–water partition coefficient (Wildman–Crippen LogP) is 4.22. The lowest BCUT2D eigenvalue weighted by atomic mass is 9.99. The normalized spacial score (nSPS) is 16.7. The monoisotopic (exact) mass is 503 g/mol. The van der Waals surface area contributed by atoms with Crippen molar-refractivity contribution in [2.45, 2.75) is 38.9 Å². The molecule has 1 atom stereocenters. The Bertz CT molecular complexity index is 1200. The Morgan fingerprint density at radius 1 is 1.03 bits per heavy atom. The molecule has 0 aliphatic carbocycles. The Morgan fingerprint density at radius 2 is 1.84 bits per heavy atom.